The van der Waals surface area contributed by atoms with Crippen LogP contribution in [0.2, 0.25) is 0 Å². The number of hydrogen-bond acceptors (Lipinski definition) is 2. The van der Waals surface area contributed by atoms with E-state index in [1.54, 1.807) is 6.92 Å². The Morgan fingerprint density at radius 1 is 1.22 bits per heavy atom. The van der Waals surface area contributed by atoms with Gasteiger partial charge in [0.05, 0.1) is 0 Å². The van der Waals surface area contributed by atoms with Crippen LogP contribution in [-0.4, -0.2) is 48.4 Å². The maximum atomic E-state index is 11.2. The molecule has 18 heavy (non-hydrogen) atoms. The number of nitrogens with zero attached hydrogens (tertiary/aromatic N) is 2. The predicted octanol–water partition coefficient (Wildman–Crippen LogP) is 1.70. The highest BCUT2D eigenvalue weighted by molar-refractivity contribution is 5.73. The lowest BCUT2D eigenvalue weighted by Crippen LogP contribution is -2.48. The fourth-order valence-electron chi connectivity index (χ4n) is 2.44. The molecule has 1 aliphatic rings. The highest BCUT2D eigenvalue weighted by atomic mass is 16.2. The Labute approximate surface area is 109 Å². The molecular formula is C15H22N2O. The van der Waals surface area contributed by atoms with Gasteiger partial charge in [0.15, 0.2) is 0 Å². The molecule has 2 rings (SSSR count). The normalized spacial score (nSPS) is 16.9. The first kappa shape index (κ1) is 13.1. The summed E-state index contributed by atoms with van der Waals surface area (Å²) in [5, 5.41) is 0. The van der Waals surface area contributed by atoms with Crippen LogP contribution in [0.15, 0.2) is 24.3 Å². The maximum Gasteiger partial charge on any atom is 0.219 e. The van der Waals surface area contributed by atoms with E-state index >= 15 is 0 Å². The van der Waals surface area contributed by atoms with Crippen molar-refractivity contribution < 1.29 is 4.79 Å². The summed E-state index contributed by atoms with van der Waals surface area (Å²) in [6, 6.07) is 8.71. The highest BCUT2D eigenvalue weighted by Crippen LogP contribution is 2.07. The Kier molecular flexibility index (Phi) is 4.37. The molecule has 0 spiro atoms. The minimum atomic E-state index is 0.202. The number of amides is 1. The third-order valence-corrected chi connectivity index (χ3v) is 3.62. The number of carbonyl (C=O) groups excluding carboxylic acids is 1. The van der Waals surface area contributed by atoms with E-state index in [0.29, 0.717) is 0 Å². The number of hydrogen-bond donors (Lipinski definition) is 0. The van der Waals surface area contributed by atoms with Crippen LogP contribution in [0.25, 0.3) is 0 Å². The highest BCUT2D eigenvalue weighted by Gasteiger charge is 2.17. The van der Waals surface area contributed by atoms with Crippen LogP contribution in [-0.2, 0) is 11.2 Å². The number of aryl methyl sites for hydroxylation is 1. The van der Waals surface area contributed by atoms with Crippen molar-refractivity contribution in [3.8, 4) is 0 Å². The summed E-state index contributed by atoms with van der Waals surface area (Å²) in [5.74, 6) is 0.202. The van der Waals surface area contributed by atoms with Crippen LogP contribution in [0.1, 0.15) is 18.1 Å². The number of carbonyl (C=O) groups is 1. The first-order valence-corrected chi connectivity index (χ1v) is 6.68. The van der Waals surface area contributed by atoms with E-state index in [4.69, 9.17) is 0 Å². The van der Waals surface area contributed by atoms with Crippen molar-refractivity contribution in [2.24, 2.45) is 0 Å². The summed E-state index contributed by atoms with van der Waals surface area (Å²) in [6.45, 7) is 8.65. The monoisotopic (exact) mass is 246 g/mol. The van der Waals surface area contributed by atoms with Gasteiger partial charge in [-0.2, -0.15) is 0 Å². The molecular weight excluding hydrogens is 224 g/mol. The Morgan fingerprint density at radius 3 is 2.56 bits per heavy atom. The summed E-state index contributed by atoms with van der Waals surface area (Å²) < 4.78 is 0. The number of piperazine rings is 1. The van der Waals surface area contributed by atoms with E-state index in [0.717, 1.165) is 39.1 Å². The quantitative estimate of drug-likeness (QED) is 0.810. The average molecular weight is 246 g/mol. The molecule has 0 aliphatic carbocycles. The minimum Gasteiger partial charge on any atom is -0.340 e. The standard InChI is InChI=1S/C15H22N2O/c1-13-4-3-5-15(12-13)6-7-16-8-10-17(11-9-16)14(2)18/h3-5,12H,6-11H2,1-2H3. The fraction of sp³-hybridized carbons (Fsp3) is 0.533. The molecule has 0 atom stereocenters. The summed E-state index contributed by atoms with van der Waals surface area (Å²) in [7, 11) is 0. The van der Waals surface area contributed by atoms with Gasteiger partial charge in [-0.3, -0.25) is 9.69 Å². The smallest absolute Gasteiger partial charge is 0.219 e. The second-order valence-electron chi connectivity index (χ2n) is 5.09. The summed E-state index contributed by atoms with van der Waals surface area (Å²) >= 11 is 0. The van der Waals surface area contributed by atoms with Crippen LogP contribution in [0.5, 0.6) is 0 Å². The molecule has 0 saturated carbocycles. The van der Waals surface area contributed by atoms with Crippen LogP contribution >= 0.6 is 0 Å². The molecule has 98 valence electrons. The zero-order valence-corrected chi connectivity index (χ0v) is 11.4. The molecule has 0 aromatic heterocycles. The topological polar surface area (TPSA) is 23.6 Å². The third-order valence-electron chi connectivity index (χ3n) is 3.62. The van der Waals surface area contributed by atoms with E-state index in [9.17, 15) is 4.79 Å². The van der Waals surface area contributed by atoms with Crippen molar-refractivity contribution in [3.05, 3.63) is 35.4 Å². The second kappa shape index (κ2) is 6.01. The molecule has 3 heteroatoms. The number of rotatable bonds is 3. The summed E-state index contributed by atoms with van der Waals surface area (Å²) in [6.07, 6.45) is 1.10. The maximum absolute atomic E-state index is 11.2. The van der Waals surface area contributed by atoms with E-state index in [1.807, 2.05) is 4.90 Å². The van der Waals surface area contributed by atoms with Crippen LogP contribution in [0.4, 0.5) is 0 Å². The fourth-order valence-corrected chi connectivity index (χ4v) is 2.44. The lowest BCUT2D eigenvalue weighted by molar-refractivity contribution is -0.130. The van der Waals surface area contributed by atoms with Crippen molar-refractivity contribution in [3.63, 3.8) is 0 Å². The molecule has 0 N–H and O–H groups in total. The lowest BCUT2D eigenvalue weighted by Gasteiger charge is -2.34. The zero-order valence-electron chi connectivity index (χ0n) is 11.4. The lowest BCUT2D eigenvalue weighted by atomic mass is 10.1. The minimum absolute atomic E-state index is 0.202. The van der Waals surface area contributed by atoms with Gasteiger partial charge in [-0.1, -0.05) is 29.8 Å². The van der Waals surface area contributed by atoms with Gasteiger partial charge in [-0.15, -0.1) is 0 Å². The van der Waals surface area contributed by atoms with Gasteiger partial charge in [-0.05, 0) is 18.9 Å². The number of benzene rings is 1. The molecule has 0 radical (unpaired) electrons. The van der Waals surface area contributed by atoms with Crippen molar-refractivity contribution in [2.45, 2.75) is 20.3 Å². The molecule has 1 heterocycles. The Bertz CT molecular complexity index is 409. The van der Waals surface area contributed by atoms with Gasteiger partial charge >= 0.3 is 0 Å². The first-order valence-electron chi connectivity index (χ1n) is 6.68. The molecule has 1 aliphatic heterocycles. The Hall–Kier alpha value is -1.35. The first-order chi connectivity index (χ1) is 8.65. The van der Waals surface area contributed by atoms with Gasteiger partial charge in [0, 0.05) is 39.6 Å². The van der Waals surface area contributed by atoms with E-state index in [1.165, 1.54) is 11.1 Å². The van der Waals surface area contributed by atoms with E-state index in [-0.39, 0.29) is 5.91 Å². The SMILES string of the molecule is CC(=O)N1CCN(CCc2cccc(C)c2)CC1. The van der Waals surface area contributed by atoms with Gasteiger partial charge in [-0.25, -0.2) is 0 Å². The Morgan fingerprint density at radius 2 is 1.94 bits per heavy atom. The van der Waals surface area contributed by atoms with Gasteiger partial charge in [0.1, 0.15) is 0 Å². The van der Waals surface area contributed by atoms with Crippen molar-refractivity contribution >= 4 is 5.91 Å². The molecule has 1 saturated heterocycles. The predicted molar refractivity (Wildman–Crippen MR) is 73.6 cm³/mol. The van der Waals surface area contributed by atoms with Crippen LogP contribution in [0.3, 0.4) is 0 Å². The molecule has 1 aromatic rings. The largest absolute Gasteiger partial charge is 0.340 e. The summed E-state index contributed by atoms with van der Waals surface area (Å²) in [5.41, 5.74) is 2.73. The van der Waals surface area contributed by atoms with Crippen molar-refractivity contribution in [2.75, 3.05) is 32.7 Å². The van der Waals surface area contributed by atoms with Crippen LogP contribution < -0.4 is 0 Å². The van der Waals surface area contributed by atoms with E-state index < -0.39 is 0 Å². The van der Waals surface area contributed by atoms with Gasteiger partial charge in [0.2, 0.25) is 5.91 Å². The van der Waals surface area contributed by atoms with Crippen molar-refractivity contribution in [1.82, 2.24) is 9.80 Å². The van der Waals surface area contributed by atoms with Crippen molar-refractivity contribution in [1.29, 1.82) is 0 Å². The van der Waals surface area contributed by atoms with Gasteiger partial charge in [0.25, 0.3) is 0 Å². The van der Waals surface area contributed by atoms with Crippen LogP contribution in [0, 0.1) is 6.92 Å². The van der Waals surface area contributed by atoms with Gasteiger partial charge < -0.3 is 4.90 Å². The molecule has 3 nitrogen and oxygen atoms in total. The Balaban J connectivity index is 1.77. The molecule has 1 aromatic carbocycles. The molecule has 1 amide bonds. The molecule has 1 fully saturated rings. The molecule has 0 bridgehead atoms. The third kappa shape index (κ3) is 3.57. The second-order valence-corrected chi connectivity index (χ2v) is 5.09. The molecule has 0 unspecified atom stereocenters. The average Bonchev–Trinajstić information content (AvgIpc) is 2.37. The van der Waals surface area contributed by atoms with E-state index in [2.05, 4.69) is 36.1 Å². The summed E-state index contributed by atoms with van der Waals surface area (Å²) in [4.78, 5) is 15.6. The zero-order chi connectivity index (χ0) is 13.0.